The van der Waals surface area contributed by atoms with Crippen LogP contribution in [0.3, 0.4) is 0 Å². The molecule has 1 fully saturated rings. The van der Waals surface area contributed by atoms with E-state index >= 15 is 0 Å². The maximum Gasteiger partial charge on any atom is 0.231 e. The van der Waals surface area contributed by atoms with Crippen LogP contribution < -0.4 is 15.1 Å². The molecule has 154 valence electrons. The molecule has 5 aromatic rings. The van der Waals surface area contributed by atoms with Crippen LogP contribution in [0.4, 0.5) is 23.1 Å². The minimum Gasteiger partial charge on any atom is -0.367 e. The standard InChI is InChI=1S/C21H19N9S/c1-2-15(11-22-5-1)29-6-8-30(9-7-29)20-18-19(24-12-23-18)27-21(28-20)26-14-3-4-16-17(10-14)31-13-25-16/h1-5,10-13H,6-9H2,(H2,23,24,26,27,28). The van der Waals surface area contributed by atoms with E-state index in [1.807, 2.05) is 29.9 Å². The zero-order chi connectivity index (χ0) is 20.6. The van der Waals surface area contributed by atoms with Crippen molar-refractivity contribution < 1.29 is 0 Å². The fraction of sp³-hybridized carbons (Fsp3) is 0.190. The molecule has 0 atom stereocenters. The van der Waals surface area contributed by atoms with Crippen molar-refractivity contribution >= 4 is 55.9 Å². The first-order valence-electron chi connectivity index (χ1n) is 10.0. The van der Waals surface area contributed by atoms with Gasteiger partial charge in [-0.15, -0.1) is 11.3 Å². The molecule has 31 heavy (non-hydrogen) atoms. The lowest BCUT2D eigenvalue weighted by molar-refractivity contribution is 0.648. The summed E-state index contributed by atoms with van der Waals surface area (Å²) in [6, 6.07) is 10.1. The van der Waals surface area contributed by atoms with Gasteiger partial charge in [-0.05, 0) is 30.3 Å². The van der Waals surface area contributed by atoms with Gasteiger partial charge < -0.3 is 20.1 Å². The Morgan fingerprint density at radius 1 is 1.00 bits per heavy atom. The van der Waals surface area contributed by atoms with Crippen LogP contribution in [0.1, 0.15) is 0 Å². The second-order valence-electron chi connectivity index (χ2n) is 7.32. The Morgan fingerprint density at radius 3 is 2.77 bits per heavy atom. The SMILES string of the molecule is c1cncc(N2CCN(c3nc(Nc4ccc5ncsc5c4)nc4nc[nH]c34)CC2)c1. The molecule has 1 aliphatic heterocycles. The molecule has 0 saturated carbocycles. The second kappa shape index (κ2) is 7.47. The molecule has 4 aromatic heterocycles. The van der Waals surface area contributed by atoms with Gasteiger partial charge in [-0.3, -0.25) is 4.98 Å². The Balaban J connectivity index is 1.27. The summed E-state index contributed by atoms with van der Waals surface area (Å²) in [5, 5.41) is 3.34. The number of aromatic nitrogens is 6. The number of anilines is 4. The number of hydrogen-bond acceptors (Lipinski definition) is 9. The highest BCUT2D eigenvalue weighted by molar-refractivity contribution is 7.16. The van der Waals surface area contributed by atoms with E-state index < -0.39 is 0 Å². The molecule has 2 N–H and O–H groups in total. The number of aromatic amines is 1. The molecule has 0 unspecified atom stereocenters. The van der Waals surface area contributed by atoms with E-state index in [0.29, 0.717) is 11.6 Å². The summed E-state index contributed by atoms with van der Waals surface area (Å²) in [7, 11) is 0. The fourth-order valence-corrected chi connectivity index (χ4v) is 4.60. The first-order chi connectivity index (χ1) is 15.3. The number of pyridine rings is 1. The molecule has 5 heterocycles. The minimum atomic E-state index is 0.535. The summed E-state index contributed by atoms with van der Waals surface area (Å²) in [6.45, 7) is 3.50. The Hall–Kier alpha value is -3.79. The highest BCUT2D eigenvalue weighted by Gasteiger charge is 2.22. The van der Waals surface area contributed by atoms with Crippen LogP contribution >= 0.6 is 11.3 Å². The number of hydrogen-bond donors (Lipinski definition) is 2. The molecule has 0 radical (unpaired) electrons. The third kappa shape index (κ3) is 3.40. The quantitative estimate of drug-likeness (QED) is 0.448. The van der Waals surface area contributed by atoms with Gasteiger partial charge >= 0.3 is 0 Å². The number of fused-ring (bicyclic) bond motifs is 2. The lowest BCUT2D eigenvalue weighted by atomic mass is 10.2. The molecule has 6 rings (SSSR count). The number of thiazole rings is 1. The van der Waals surface area contributed by atoms with Crippen molar-refractivity contribution in [1.29, 1.82) is 0 Å². The van der Waals surface area contributed by atoms with Crippen molar-refractivity contribution in [2.45, 2.75) is 0 Å². The van der Waals surface area contributed by atoms with Gasteiger partial charge in [0.05, 0.1) is 33.9 Å². The van der Waals surface area contributed by atoms with E-state index in [1.165, 1.54) is 0 Å². The molecule has 10 heteroatoms. The predicted octanol–water partition coefficient (Wildman–Crippen LogP) is 3.43. The van der Waals surface area contributed by atoms with Crippen LogP contribution in [-0.2, 0) is 0 Å². The normalized spacial score (nSPS) is 14.5. The van der Waals surface area contributed by atoms with Crippen LogP contribution in [0.5, 0.6) is 0 Å². The van der Waals surface area contributed by atoms with Crippen LogP contribution in [0.15, 0.2) is 54.6 Å². The summed E-state index contributed by atoms with van der Waals surface area (Å²) in [6.07, 6.45) is 5.38. The first-order valence-corrected chi connectivity index (χ1v) is 10.9. The Morgan fingerprint density at radius 2 is 1.90 bits per heavy atom. The number of piperazine rings is 1. The molecule has 1 aliphatic rings. The Bertz CT molecular complexity index is 1340. The zero-order valence-corrected chi connectivity index (χ0v) is 17.4. The van der Waals surface area contributed by atoms with Gasteiger partial charge in [0, 0.05) is 38.1 Å². The van der Waals surface area contributed by atoms with E-state index in [-0.39, 0.29) is 0 Å². The third-order valence-corrected chi connectivity index (χ3v) is 6.24. The smallest absolute Gasteiger partial charge is 0.231 e. The van der Waals surface area contributed by atoms with Crippen LogP contribution in [0.25, 0.3) is 21.4 Å². The summed E-state index contributed by atoms with van der Waals surface area (Å²) in [4.78, 5) is 30.2. The largest absolute Gasteiger partial charge is 0.367 e. The number of nitrogens with one attached hydrogen (secondary N) is 2. The molecule has 1 aromatic carbocycles. The van der Waals surface area contributed by atoms with E-state index in [1.54, 1.807) is 23.9 Å². The number of benzene rings is 1. The van der Waals surface area contributed by atoms with Crippen molar-refractivity contribution in [3.8, 4) is 0 Å². The first kappa shape index (κ1) is 18.0. The molecule has 9 nitrogen and oxygen atoms in total. The van der Waals surface area contributed by atoms with Crippen molar-refractivity contribution in [2.24, 2.45) is 0 Å². The monoisotopic (exact) mass is 429 g/mol. The predicted molar refractivity (Wildman–Crippen MR) is 123 cm³/mol. The zero-order valence-electron chi connectivity index (χ0n) is 16.6. The van der Waals surface area contributed by atoms with Crippen molar-refractivity contribution in [1.82, 2.24) is 29.9 Å². The van der Waals surface area contributed by atoms with E-state index in [0.717, 1.165) is 59.1 Å². The van der Waals surface area contributed by atoms with Gasteiger partial charge in [0.25, 0.3) is 0 Å². The lowest BCUT2D eigenvalue weighted by Gasteiger charge is -2.36. The Kier molecular flexibility index (Phi) is 4.34. The summed E-state index contributed by atoms with van der Waals surface area (Å²) < 4.78 is 1.12. The minimum absolute atomic E-state index is 0.535. The second-order valence-corrected chi connectivity index (χ2v) is 8.20. The third-order valence-electron chi connectivity index (χ3n) is 5.44. The van der Waals surface area contributed by atoms with E-state index in [9.17, 15) is 0 Å². The van der Waals surface area contributed by atoms with Gasteiger partial charge in [0.1, 0.15) is 5.52 Å². The van der Waals surface area contributed by atoms with Gasteiger partial charge in [-0.2, -0.15) is 9.97 Å². The van der Waals surface area contributed by atoms with Gasteiger partial charge in [-0.1, -0.05) is 0 Å². The van der Waals surface area contributed by atoms with Gasteiger partial charge in [0.15, 0.2) is 11.5 Å². The highest BCUT2D eigenvalue weighted by atomic mass is 32.1. The van der Waals surface area contributed by atoms with Crippen LogP contribution in [0.2, 0.25) is 0 Å². The van der Waals surface area contributed by atoms with Gasteiger partial charge in [-0.25, -0.2) is 9.97 Å². The molecule has 0 aliphatic carbocycles. The molecule has 0 amide bonds. The van der Waals surface area contributed by atoms with Crippen molar-refractivity contribution in [2.75, 3.05) is 41.3 Å². The maximum absolute atomic E-state index is 4.85. The maximum atomic E-state index is 4.85. The average Bonchev–Trinajstić information content (AvgIpc) is 3.48. The number of rotatable bonds is 4. The average molecular weight is 430 g/mol. The molecular formula is C21H19N9S. The number of nitrogens with zero attached hydrogens (tertiary/aromatic N) is 7. The molecule has 0 spiro atoms. The summed E-state index contributed by atoms with van der Waals surface area (Å²) >= 11 is 1.61. The molecular weight excluding hydrogens is 410 g/mol. The highest BCUT2D eigenvalue weighted by Crippen LogP contribution is 2.28. The van der Waals surface area contributed by atoms with Crippen LogP contribution in [0, 0.1) is 0 Å². The summed E-state index contributed by atoms with van der Waals surface area (Å²) in [5.74, 6) is 1.41. The fourth-order valence-electron chi connectivity index (χ4n) is 3.88. The molecule has 0 bridgehead atoms. The van der Waals surface area contributed by atoms with E-state index in [4.69, 9.17) is 4.98 Å². The lowest BCUT2D eigenvalue weighted by Crippen LogP contribution is -2.47. The van der Waals surface area contributed by atoms with Gasteiger partial charge in [0.2, 0.25) is 5.95 Å². The number of H-pyrrole nitrogens is 1. The summed E-state index contributed by atoms with van der Waals surface area (Å²) in [5.41, 5.74) is 6.44. The van der Waals surface area contributed by atoms with Crippen LogP contribution in [-0.4, -0.2) is 56.1 Å². The van der Waals surface area contributed by atoms with E-state index in [2.05, 4.69) is 52.2 Å². The number of imidazole rings is 1. The Labute approximate surface area is 181 Å². The van der Waals surface area contributed by atoms with Crippen molar-refractivity contribution in [3.63, 3.8) is 0 Å². The topological polar surface area (TPSA) is 98.8 Å². The van der Waals surface area contributed by atoms with Crippen molar-refractivity contribution in [3.05, 3.63) is 54.6 Å². The molecule has 1 saturated heterocycles.